The summed E-state index contributed by atoms with van der Waals surface area (Å²) in [4.78, 5) is 22.5. The van der Waals surface area contributed by atoms with Crippen molar-refractivity contribution < 1.29 is 19.1 Å². The summed E-state index contributed by atoms with van der Waals surface area (Å²) in [7, 11) is 0. The van der Waals surface area contributed by atoms with Gasteiger partial charge in [0, 0.05) is 12.3 Å². The highest BCUT2D eigenvalue weighted by Gasteiger charge is 2.17. The van der Waals surface area contributed by atoms with Gasteiger partial charge in [0.2, 0.25) is 0 Å². The molecule has 1 aromatic heterocycles. The molecule has 0 bridgehead atoms. The minimum Gasteiger partial charge on any atom is -0.507 e. The molecule has 0 aliphatic rings. The number of rotatable bonds is 2. The molecule has 1 aromatic carbocycles. The lowest BCUT2D eigenvalue weighted by Gasteiger charge is -2.00. The monoisotopic (exact) mass is 218 g/mol. The average molecular weight is 218 g/mol. The van der Waals surface area contributed by atoms with E-state index in [9.17, 15) is 14.7 Å². The van der Waals surface area contributed by atoms with Crippen LogP contribution in [0.5, 0.6) is 5.75 Å². The van der Waals surface area contributed by atoms with E-state index in [0.717, 1.165) is 0 Å². The van der Waals surface area contributed by atoms with Gasteiger partial charge < -0.3 is 9.52 Å². The number of phenols is 1. The van der Waals surface area contributed by atoms with Crippen molar-refractivity contribution in [2.24, 2.45) is 0 Å². The van der Waals surface area contributed by atoms with E-state index < -0.39 is 0 Å². The van der Waals surface area contributed by atoms with Gasteiger partial charge in [0.05, 0.1) is 0 Å². The maximum Gasteiger partial charge on any atom is 0.194 e. The van der Waals surface area contributed by atoms with Crippen LogP contribution in [0.4, 0.5) is 0 Å². The first-order chi connectivity index (χ1) is 7.50. The summed E-state index contributed by atoms with van der Waals surface area (Å²) in [6.45, 7) is 2.72. The molecule has 0 aliphatic carbocycles. The van der Waals surface area contributed by atoms with Crippen LogP contribution in [0.3, 0.4) is 0 Å². The Morgan fingerprint density at radius 3 is 2.44 bits per heavy atom. The van der Waals surface area contributed by atoms with E-state index >= 15 is 0 Å². The van der Waals surface area contributed by atoms with E-state index in [1.807, 2.05) is 0 Å². The molecule has 0 saturated carbocycles. The maximum atomic E-state index is 11.4. The number of hydrogen-bond donors (Lipinski definition) is 1. The lowest BCUT2D eigenvalue weighted by molar-refractivity contribution is 0.0982. The summed E-state index contributed by atoms with van der Waals surface area (Å²) in [6, 6.07) is 4.58. The zero-order chi connectivity index (χ0) is 11.9. The summed E-state index contributed by atoms with van der Waals surface area (Å²) in [5, 5.41) is 10.2. The van der Waals surface area contributed by atoms with Gasteiger partial charge in [-0.15, -0.1) is 0 Å². The van der Waals surface area contributed by atoms with Gasteiger partial charge in [-0.3, -0.25) is 9.59 Å². The Morgan fingerprint density at radius 2 is 1.88 bits per heavy atom. The molecule has 4 heteroatoms. The number of furan rings is 1. The van der Waals surface area contributed by atoms with Crippen molar-refractivity contribution >= 4 is 22.5 Å². The molecule has 2 aromatic rings. The predicted molar refractivity (Wildman–Crippen MR) is 57.9 cm³/mol. The highest BCUT2D eigenvalue weighted by Crippen LogP contribution is 2.30. The largest absolute Gasteiger partial charge is 0.507 e. The second-order valence-electron chi connectivity index (χ2n) is 3.60. The molecule has 16 heavy (non-hydrogen) atoms. The van der Waals surface area contributed by atoms with Crippen LogP contribution in [-0.4, -0.2) is 16.7 Å². The number of aromatic hydroxyl groups is 1. The number of hydrogen-bond acceptors (Lipinski definition) is 4. The molecule has 82 valence electrons. The Labute approximate surface area is 91.5 Å². The van der Waals surface area contributed by atoms with Crippen LogP contribution in [0, 0.1) is 0 Å². The topological polar surface area (TPSA) is 67.5 Å². The Hall–Kier alpha value is -2.10. The van der Waals surface area contributed by atoms with Crippen LogP contribution in [0.2, 0.25) is 0 Å². The standard InChI is InChI=1S/C12H10O4/c1-6(13)10-5-8-3-4-9(15)11(7(2)14)12(8)16-10/h3-5,15H,1-2H3. The molecule has 0 fully saturated rings. The van der Waals surface area contributed by atoms with Crippen LogP contribution in [0.25, 0.3) is 11.0 Å². The number of Topliss-reactive ketones (excluding diaryl/α,β-unsaturated/α-hetero) is 2. The minimum atomic E-state index is -0.299. The second kappa shape index (κ2) is 3.48. The van der Waals surface area contributed by atoms with Crippen LogP contribution >= 0.6 is 0 Å². The molecule has 0 amide bonds. The van der Waals surface area contributed by atoms with E-state index in [-0.39, 0.29) is 34.2 Å². The van der Waals surface area contributed by atoms with E-state index in [1.54, 1.807) is 12.1 Å². The molecule has 2 rings (SSSR count). The van der Waals surface area contributed by atoms with Crippen molar-refractivity contribution in [2.45, 2.75) is 13.8 Å². The number of ketones is 2. The molecule has 1 heterocycles. The van der Waals surface area contributed by atoms with E-state index in [1.165, 1.54) is 19.9 Å². The maximum absolute atomic E-state index is 11.4. The lowest BCUT2D eigenvalue weighted by atomic mass is 10.1. The smallest absolute Gasteiger partial charge is 0.194 e. The molecular formula is C12H10O4. The fourth-order valence-corrected chi connectivity index (χ4v) is 1.61. The van der Waals surface area contributed by atoms with Crippen molar-refractivity contribution in [3.63, 3.8) is 0 Å². The fraction of sp³-hybridized carbons (Fsp3) is 0.167. The highest BCUT2D eigenvalue weighted by molar-refractivity contribution is 6.08. The van der Waals surface area contributed by atoms with Crippen molar-refractivity contribution in [3.05, 3.63) is 29.5 Å². The fourth-order valence-electron chi connectivity index (χ4n) is 1.61. The van der Waals surface area contributed by atoms with Gasteiger partial charge in [0.1, 0.15) is 16.9 Å². The number of phenolic OH excluding ortho intramolecular Hbond substituents is 1. The third-order valence-corrected chi connectivity index (χ3v) is 2.36. The number of carbonyl (C=O) groups is 2. The van der Waals surface area contributed by atoms with Gasteiger partial charge >= 0.3 is 0 Å². The van der Waals surface area contributed by atoms with Gasteiger partial charge in [-0.2, -0.15) is 0 Å². The summed E-state index contributed by atoms with van der Waals surface area (Å²) >= 11 is 0. The third-order valence-electron chi connectivity index (χ3n) is 2.36. The number of fused-ring (bicyclic) bond motifs is 1. The molecule has 0 unspecified atom stereocenters. The first-order valence-electron chi connectivity index (χ1n) is 4.78. The van der Waals surface area contributed by atoms with Crippen LogP contribution < -0.4 is 0 Å². The van der Waals surface area contributed by atoms with Crippen LogP contribution in [0.1, 0.15) is 34.8 Å². The quantitative estimate of drug-likeness (QED) is 0.786. The van der Waals surface area contributed by atoms with Crippen molar-refractivity contribution in [2.75, 3.05) is 0 Å². The Bertz CT molecular complexity index is 592. The SMILES string of the molecule is CC(=O)c1cc2ccc(O)c(C(C)=O)c2o1. The second-order valence-corrected chi connectivity index (χ2v) is 3.60. The predicted octanol–water partition coefficient (Wildman–Crippen LogP) is 2.54. The first kappa shape index (κ1) is 10.4. The third kappa shape index (κ3) is 1.48. The molecule has 1 N–H and O–H groups in total. The lowest BCUT2D eigenvalue weighted by Crippen LogP contribution is -1.93. The van der Waals surface area contributed by atoms with Crippen LogP contribution in [0.15, 0.2) is 22.6 Å². The molecule has 0 saturated heterocycles. The van der Waals surface area contributed by atoms with Gasteiger partial charge in [0.15, 0.2) is 17.3 Å². The molecule has 0 radical (unpaired) electrons. The Balaban J connectivity index is 2.82. The van der Waals surface area contributed by atoms with E-state index in [2.05, 4.69) is 0 Å². The summed E-state index contributed by atoms with van der Waals surface area (Å²) in [5.41, 5.74) is 0.378. The highest BCUT2D eigenvalue weighted by atomic mass is 16.3. The molecule has 0 spiro atoms. The van der Waals surface area contributed by atoms with Gasteiger partial charge in [-0.1, -0.05) is 0 Å². The van der Waals surface area contributed by atoms with Crippen molar-refractivity contribution in [1.82, 2.24) is 0 Å². The Kier molecular flexibility index (Phi) is 2.27. The van der Waals surface area contributed by atoms with Crippen molar-refractivity contribution in [3.8, 4) is 5.75 Å². The normalized spacial score (nSPS) is 10.6. The molecule has 0 aliphatic heterocycles. The molecule has 4 nitrogen and oxygen atoms in total. The summed E-state index contributed by atoms with van der Waals surface area (Å²) in [5.74, 6) is -0.467. The minimum absolute atomic E-state index is 0.116. The number of benzene rings is 1. The van der Waals surface area contributed by atoms with Crippen LogP contribution in [-0.2, 0) is 0 Å². The molecule has 0 atom stereocenters. The number of carbonyl (C=O) groups excluding carboxylic acids is 2. The van der Waals surface area contributed by atoms with Crippen molar-refractivity contribution in [1.29, 1.82) is 0 Å². The Morgan fingerprint density at radius 1 is 1.19 bits per heavy atom. The van der Waals surface area contributed by atoms with Gasteiger partial charge in [0.25, 0.3) is 0 Å². The van der Waals surface area contributed by atoms with Gasteiger partial charge in [-0.05, 0) is 25.1 Å². The first-order valence-corrected chi connectivity index (χ1v) is 4.78. The van der Waals surface area contributed by atoms with E-state index in [0.29, 0.717) is 5.39 Å². The summed E-state index contributed by atoms with van der Waals surface area (Å²) < 4.78 is 5.27. The average Bonchev–Trinajstić information content (AvgIpc) is 2.60. The van der Waals surface area contributed by atoms with E-state index in [4.69, 9.17) is 4.42 Å². The molecular weight excluding hydrogens is 208 g/mol. The zero-order valence-corrected chi connectivity index (χ0v) is 8.90. The zero-order valence-electron chi connectivity index (χ0n) is 8.90. The van der Waals surface area contributed by atoms with Gasteiger partial charge in [-0.25, -0.2) is 0 Å². The summed E-state index contributed by atoms with van der Waals surface area (Å²) in [6.07, 6.45) is 0.